The first-order valence-electron chi connectivity index (χ1n) is 12.0. The summed E-state index contributed by atoms with van der Waals surface area (Å²) in [5, 5.41) is 15.1. The summed E-state index contributed by atoms with van der Waals surface area (Å²) < 4.78 is 36.6. The topological polar surface area (TPSA) is 144 Å². The minimum Gasteiger partial charge on any atom is -0.381 e. The molecule has 10 nitrogen and oxygen atoms in total. The maximum Gasteiger partial charge on any atom is 0.224 e. The quantitative estimate of drug-likeness (QED) is 0.470. The van der Waals surface area contributed by atoms with Crippen LogP contribution < -0.4 is 16.4 Å². The molecule has 1 amide bonds. The Morgan fingerprint density at radius 2 is 1.81 bits per heavy atom. The minimum absolute atomic E-state index is 0.122. The number of nitrogens with zero attached hydrogens (tertiary/aromatic N) is 5. The van der Waals surface area contributed by atoms with Gasteiger partial charge in [0.25, 0.3) is 0 Å². The van der Waals surface area contributed by atoms with Gasteiger partial charge in [-0.1, -0.05) is 0 Å². The number of anilines is 3. The number of hydrogen-bond acceptors (Lipinski definition) is 8. The van der Waals surface area contributed by atoms with Gasteiger partial charge in [0.2, 0.25) is 17.8 Å². The van der Waals surface area contributed by atoms with Gasteiger partial charge in [-0.25, -0.2) is 18.7 Å². The summed E-state index contributed by atoms with van der Waals surface area (Å²) in [5.41, 5.74) is 5.94. The number of nitrogens with two attached hydrogens (primary N) is 1. The molecule has 0 unspecified atom stereocenters. The number of aromatic nitrogens is 4. The highest BCUT2D eigenvalue weighted by Gasteiger charge is 2.30. The average molecular weight is 497 g/mol. The third kappa shape index (κ3) is 4.79. The molecule has 3 aromatic rings. The summed E-state index contributed by atoms with van der Waals surface area (Å²) in [6.07, 6.45) is 5.68. The highest BCUT2D eigenvalue weighted by Crippen LogP contribution is 2.37. The van der Waals surface area contributed by atoms with Gasteiger partial charge in [-0.05, 0) is 50.7 Å². The largest absolute Gasteiger partial charge is 0.381 e. The van der Waals surface area contributed by atoms with Crippen molar-refractivity contribution < 1.29 is 18.3 Å². The summed E-state index contributed by atoms with van der Waals surface area (Å²) in [7, 11) is 0. The molecule has 12 heteroatoms. The predicted molar refractivity (Wildman–Crippen MR) is 127 cm³/mol. The Bertz CT molecular complexity index is 1300. The molecule has 1 aromatic carbocycles. The highest BCUT2D eigenvalue weighted by molar-refractivity contribution is 5.78. The number of fused-ring (bicyclic) bond motifs is 1. The number of halogens is 2. The number of ether oxygens (including phenoxy) is 1. The number of nitriles is 1. The van der Waals surface area contributed by atoms with E-state index in [-0.39, 0.29) is 35.4 Å². The molecular formula is C24H26F2N8O2. The zero-order valence-electron chi connectivity index (χ0n) is 19.5. The van der Waals surface area contributed by atoms with Crippen LogP contribution in [0.1, 0.15) is 50.1 Å². The van der Waals surface area contributed by atoms with Crippen LogP contribution in [0.2, 0.25) is 0 Å². The lowest BCUT2D eigenvalue weighted by Gasteiger charge is -2.29. The van der Waals surface area contributed by atoms with Crippen LogP contribution in [-0.2, 0) is 9.53 Å². The van der Waals surface area contributed by atoms with Gasteiger partial charge in [-0.15, -0.1) is 0 Å². The zero-order chi connectivity index (χ0) is 25.2. The summed E-state index contributed by atoms with van der Waals surface area (Å²) in [4.78, 5) is 25.3. The summed E-state index contributed by atoms with van der Waals surface area (Å²) in [6, 6.07) is 3.72. The van der Waals surface area contributed by atoms with Crippen molar-refractivity contribution in [2.75, 3.05) is 23.8 Å². The SMILES string of the molecule is N#Cc1cc(F)c(Nc2nc3cnc(NC4CCOCC4)nc3n2[C@H]2CC[C@@H](C(N)=O)CC2)c(F)c1. The summed E-state index contributed by atoms with van der Waals surface area (Å²) in [5.74, 6) is -1.71. The van der Waals surface area contributed by atoms with Gasteiger partial charge in [0.1, 0.15) is 11.2 Å². The molecule has 2 fully saturated rings. The standard InChI is InChI=1S/C24H26F2N8O2/c25-17-9-13(11-27)10-18(26)20(17)32-24-31-19-12-29-23(30-15-5-7-36-8-6-15)33-22(19)34(24)16-3-1-14(2-4-16)21(28)35/h9-10,12,14-16H,1-8H2,(H2,28,35)(H,31,32)(H,29,30,33)/t14-,16+. The molecule has 2 aliphatic rings. The number of carbonyl (C=O) groups excluding carboxylic acids is 1. The van der Waals surface area contributed by atoms with Gasteiger partial charge >= 0.3 is 0 Å². The number of benzene rings is 1. The van der Waals surface area contributed by atoms with Gasteiger partial charge in [0, 0.05) is 31.2 Å². The van der Waals surface area contributed by atoms with E-state index in [1.165, 1.54) is 0 Å². The first kappa shape index (κ1) is 23.9. The van der Waals surface area contributed by atoms with Crippen molar-refractivity contribution in [1.82, 2.24) is 19.5 Å². The van der Waals surface area contributed by atoms with E-state index in [1.54, 1.807) is 12.3 Å². The smallest absolute Gasteiger partial charge is 0.224 e. The van der Waals surface area contributed by atoms with Gasteiger partial charge < -0.3 is 21.1 Å². The van der Waals surface area contributed by atoms with E-state index in [0.717, 1.165) is 25.0 Å². The minimum atomic E-state index is -0.907. The lowest BCUT2D eigenvalue weighted by atomic mass is 9.85. The summed E-state index contributed by atoms with van der Waals surface area (Å²) >= 11 is 0. The van der Waals surface area contributed by atoms with Crippen molar-refractivity contribution in [3.05, 3.63) is 35.5 Å². The van der Waals surface area contributed by atoms with Crippen molar-refractivity contribution in [3.8, 4) is 6.07 Å². The van der Waals surface area contributed by atoms with Crippen LogP contribution in [0.5, 0.6) is 0 Å². The number of nitrogens with one attached hydrogen (secondary N) is 2. The average Bonchev–Trinajstić information content (AvgIpc) is 3.24. The lowest BCUT2D eigenvalue weighted by Crippen LogP contribution is -2.29. The Balaban J connectivity index is 1.53. The molecular weight excluding hydrogens is 470 g/mol. The zero-order valence-corrected chi connectivity index (χ0v) is 19.5. The maximum absolute atomic E-state index is 14.7. The number of hydrogen-bond donors (Lipinski definition) is 3. The van der Waals surface area contributed by atoms with Crippen LogP contribution in [0, 0.1) is 28.9 Å². The molecule has 5 rings (SSSR count). The second kappa shape index (κ2) is 10.0. The second-order valence-electron chi connectivity index (χ2n) is 9.20. The van der Waals surface area contributed by atoms with Gasteiger partial charge in [-0.3, -0.25) is 9.36 Å². The monoisotopic (exact) mass is 496 g/mol. The fourth-order valence-electron chi connectivity index (χ4n) is 4.91. The lowest BCUT2D eigenvalue weighted by molar-refractivity contribution is -0.122. The molecule has 4 N–H and O–H groups in total. The Morgan fingerprint density at radius 3 is 2.44 bits per heavy atom. The van der Waals surface area contributed by atoms with Gasteiger partial charge in [0.15, 0.2) is 17.3 Å². The van der Waals surface area contributed by atoms with Crippen LogP contribution in [0.25, 0.3) is 11.2 Å². The van der Waals surface area contributed by atoms with Crippen molar-refractivity contribution in [3.63, 3.8) is 0 Å². The molecule has 36 heavy (non-hydrogen) atoms. The van der Waals surface area contributed by atoms with Gasteiger partial charge in [0.05, 0.1) is 17.8 Å². The van der Waals surface area contributed by atoms with E-state index in [9.17, 15) is 13.6 Å². The molecule has 1 aliphatic heterocycles. The number of rotatable bonds is 6. The molecule has 0 atom stereocenters. The van der Waals surface area contributed by atoms with E-state index < -0.39 is 17.3 Å². The first-order valence-corrected chi connectivity index (χ1v) is 12.0. The van der Waals surface area contributed by atoms with Crippen molar-refractivity contribution in [2.45, 2.75) is 50.6 Å². The molecule has 188 valence electrons. The molecule has 0 radical (unpaired) electrons. The van der Waals surface area contributed by atoms with E-state index >= 15 is 0 Å². The molecule has 1 aliphatic carbocycles. The molecule has 0 spiro atoms. The Labute approximate surface area is 205 Å². The molecule has 3 heterocycles. The third-order valence-corrected chi connectivity index (χ3v) is 6.86. The number of amides is 1. The van der Waals surface area contributed by atoms with Crippen molar-refractivity contribution in [2.24, 2.45) is 11.7 Å². The van der Waals surface area contributed by atoms with Crippen LogP contribution in [0.3, 0.4) is 0 Å². The number of imidazole rings is 1. The van der Waals surface area contributed by atoms with E-state index in [4.69, 9.17) is 20.7 Å². The second-order valence-corrected chi connectivity index (χ2v) is 9.20. The van der Waals surface area contributed by atoms with E-state index in [0.29, 0.717) is 56.0 Å². The molecule has 2 aromatic heterocycles. The maximum atomic E-state index is 14.7. The van der Waals surface area contributed by atoms with E-state index in [2.05, 4.69) is 20.6 Å². The Hall–Kier alpha value is -3.85. The Kier molecular flexibility index (Phi) is 6.65. The van der Waals surface area contributed by atoms with Crippen molar-refractivity contribution in [1.29, 1.82) is 5.26 Å². The van der Waals surface area contributed by atoms with Crippen LogP contribution in [-0.4, -0.2) is 44.7 Å². The first-order chi connectivity index (χ1) is 17.4. The third-order valence-electron chi connectivity index (χ3n) is 6.86. The van der Waals surface area contributed by atoms with Crippen LogP contribution in [0.15, 0.2) is 18.3 Å². The van der Waals surface area contributed by atoms with Crippen LogP contribution >= 0.6 is 0 Å². The fourth-order valence-corrected chi connectivity index (χ4v) is 4.91. The van der Waals surface area contributed by atoms with Crippen LogP contribution in [0.4, 0.5) is 26.4 Å². The molecule has 0 bridgehead atoms. The van der Waals surface area contributed by atoms with E-state index in [1.807, 2.05) is 4.57 Å². The predicted octanol–water partition coefficient (Wildman–Crippen LogP) is 3.53. The Morgan fingerprint density at radius 1 is 1.11 bits per heavy atom. The van der Waals surface area contributed by atoms with Crippen molar-refractivity contribution >= 4 is 34.7 Å². The highest BCUT2D eigenvalue weighted by atomic mass is 19.1. The fraction of sp³-hybridized carbons (Fsp3) is 0.458. The molecule has 1 saturated carbocycles. The normalized spacial score (nSPS) is 20.7. The summed E-state index contributed by atoms with van der Waals surface area (Å²) in [6.45, 7) is 1.33. The van der Waals surface area contributed by atoms with Gasteiger partial charge in [-0.2, -0.15) is 10.2 Å². The molecule has 1 saturated heterocycles. The number of primary amides is 1. The number of carbonyl (C=O) groups is 1.